The van der Waals surface area contributed by atoms with Crippen LogP contribution in [-0.2, 0) is 16.0 Å². The topological polar surface area (TPSA) is 86.9 Å². The van der Waals surface area contributed by atoms with Crippen molar-refractivity contribution in [2.24, 2.45) is 5.10 Å². The SMILES string of the molecule is CC(CCc1ccco1)=NNC(=O)CNc1cccc(N2CCCC2=O)c1. The van der Waals surface area contributed by atoms with Gasteiger partial charge in [0.1, 0.15) is 5.76 Å². The lowest BCUT2D eigenvalue weighted by molar-refractivity contribution is -0.119. The lowest BCUT2D eigenvalue weighted by Gasteiger charge is -2.17. The Hall–Kier alpha value is -3.09. The maximum Gasteiger partial charge on any atom is 0.259 e. The molecule has 1 saturated heterocycles. The van der Waals surface area contributed by atoms with E-state index >= 15 is 0 Å². The molecule has 3 rings (SSSR count). The molecule has 142 valence electrons. The minimum absolute atomic E-state index is 0.104. The highest BCUT2D eigenvalue weighted by Gasteiger charge is 2.21. The zero-order valence-corrected chi connectivity index (χ0v) is 15.4. The third kappa shape index (κ3) is 5.44. The van der Waals surface area contributed by atoms with Crippen LogP contribution < -0.4 is 15.6 Å². The number of rotatable bonds is 8. The standard InChI is InChI=1S/C20H24N4O3/c1-15(9-10-18-7-4-12-27-18)22-23-19(25)14-21-16-5-2-6-17(13-16)24-11-3-8-20(24)26/h2,4-7,12-13,21H,3,8-11,14H2,1H3,(H,23,25). The molecule has 2 amide bonds. The highest BCUT2D eigenvalue weighted by atomic mass is 16.3. The van der Waals surface area contributed by atoms with E-state index in [0.29, 0.717) is 12.8 Å². The Balaban J connectivity index is 1.44. The maximum atomic E-state index is 12.0. The number of furan rings is 1. The molecule has 0 spiro atoms. The number of aryl methyl sites for hydroxylation is 1. The number of hydrogen-bond acceptors (Lipinski definition) is 5. The molecular weight excluding hydrogens is 344 g/mol. The van der Waals surface area contributed by atoms with Crippen LogP contribution in [0.25, 0.3) is 0 Å². The summed E-state index contributed by atoms with van der Waals surface area (Å²) < 4.78 is 5.27. The van der Waals surface area contributed by atoms with Gasteiger partial charge in [0.15, 0.2) is 0 Å². The predicted molar refractivity (Wildman–Crippen MR) is 105 cm³/mol. The Morgan fingerprint density at radius 1 is 1.30 bits per heavy atom. The van der Waals surface area contributed by atoms with E-state index < -0.39 is 0 Å². The number of carbonyl (C=O) groups excluding carboxylic acids is 2. The van der Waals surface area contributed by atoms with Gasteiger partial charge >= 0.3 is 0 Å². The quantitative estimate of drug-likeness (QED) is 0.554. The van der Waals surface area contributed by atoms with Gasteiger partial charge in [-0.05, 0) is 50.1 Å². The first kappa shape index (κ1) is 18.7. The van der Waals surface area contributed by atoms with Crippen molar-refractivity contribution in [2.75, 3.05) is 23.3 Å². The van der Waals surface area contributed by atoms with Crippen LogP contribution in [0.5, 0.6) is 0 Å². The number of benzene rings is 1. The zero-order valence-electron chi connectivity index (χ0n) is 15.4. The van der Waals surface area contributed by atoms with Crippen LogP contribution in [-0.4, -0.2) is 30.6 Å². The number of carbonyl (C=O) groups is 2. The van der Waals surface area contributed by atoms with Crippen molar-refractivity contribution in [1.82, 2.24) is 5.43 Å². The lowest BCUT2D eigenvalue weighted by atomic mass is 10.2. The van der Waals surface area contributed by atoms with Crippen molar-refractivity contribution >= 4 is 28.9 Å². The molecule has 0 atom stereocenters. The van der Waals surface area contributed by atoms with Gasteiger partial charge in [0.2, 0.25) is 5.91 Å². The van der Waals surface area contributed by atoms with Gasteiger partial charge in [-0.25, -0.2) is 5.43 Å². The van der Waals surface area contributed by atoms with Crippen LogP contribution in [0.1, 0.15) is 31.9 Å². The molecular formula is C20H24N4O3. The first-order chi connectivity index (χ1) is 13.1. The van der Waals surface area contributed by atoms with Crippen LogP contribution in [0.3, 0.4) is 0 Å². The van der Waals surface area contributed by atoms with Crippen LogP contribution in [0.15, 0.2) is 52.2 Å². The summed E-state index contributed by atoms with van der Waals surface area (Å²) in [6, 6.07) is 11.3. The summed E-state index contributed by atoms with van der Waals surface area (Å²) in [7, 11) is 0. The average Bonchev–Trinajstić information content (AvgIpc) is 3.34. The predicted octanol–water partition coefficient (Wildman–Crippen LogP) is 2.94. The first-order valence-corrected chi connectivity index (χ1v) is 9.10. The maximum absolute atomic E-state index is 12.0. The summed E-state index contributed by atoms with van der Waals surface area (Å²) in [6.07, 6.45) is 4.59. The smallest absolute Gasteiger partial charge is 0.259 e. The molecule has 27 heavy (non-hydrogen) atoms. The number of amides is 2. The molecule has 0 aliphatic carbocycles. The molecule has 0 saturated carbocycles. The van der Waals surface area contributed by atoms with Crippen molar-refractivity contribution in [3.05, 3.63) is 48.4 Å². The van der Waals surface area contributed by atoms with E-state index in [1.165, 1.54) is 0 Å². The normalized spacial score (nSPS) is 14.5. The molecule has 1 aromatic carbocycles. The highest BCUT2D eigenvalue weighted by Crippen LogP contribution is 2.24. The van der Waals surface area contributed by atoms with Gasteiger partial charge < -0.3 is 14.6 Å². The van der Waals surface area contributed by atoms with Crippen molar-refractivity contribution in [3.63, 3.8) is 0 Å². The molecule has 0 bridgehead atoms. The van der Waals surface area contributed by atoms with E-state index in [9.17, 15) is 9.59 Å². The summed E-state index contributed by atoms with van der Waals surface area (Å²) in [5.74, 6) is 0.813. The summed E-state index contributed by atoms with van der Waals surface area (Å²) in [5, 5.41) is 7.18. The van der Waals surface area contributed by atoms with Gasteiger partial charge in [-0.3, -0.25) is 9.59 Å². The Morgan fingerprint density at radius 3 is 2.93 bits per heavy atom. The zero-order chi connectivity index (χ0) is 19.1. The van der Waals surface area contributed by atoms with Crippen LogP contribution in [0.2, 0.25) is 0 Å². The van der Waals surface area contributed by atoms with Crippen molar-refractivity contribution in [3.8, 4) is 0 Å². The average molecular weight is 368 g/mol. The molecule has 1 aliphatic heterocycles. The van der Waals surface area contributed by atoms with Gasteiger partial charge in [-0.1, -0.05) is 6.07 Å². The van der Waals surface area contributed by atoms with Crippen molar-refractivity contribution in [2.45, 2.75) is 32.6 Å². The molecule has 0 unspecified atom stereocenters. The fraction of sp³-hybridized carbons (Fsp3) is 0.350. The fourth-order valence-corrected chi connectivity index (χ4v) is 2.90. The molecule has 2 heterocycles. The van der Waals surface area contributed by atoms with Gasteiger partial charge in [-0.2, -0.15) is 5.10 Å². The second kappa shape index (κ2) is 9.02. The van der Waals surface area contributed by atoms with E-state index in [2.05, 4.69) is 15.8 Å². The lowest BCUT2D eigenvalue weighted by Crippen LogP contribution is -2.27. The minimum Gasteiger partial charge on any atom is -0.469 e. The molecule has 0 radical (unpaired) electrons. The summed E-state index contributed by atoms with van der Waals surface area (Å²) in [6.45, 7) is 2.72. The van der Waals surface area contributed by atoms with Gasteiger partial charge in [-0.15, -0.1) is 0 Å². The van der Waals surface area contributed by atoms with Crippen molar-refractivity contribution in [1.29, 1.82) is 0 Å². The van der Waals surface area contributed by atoms with E-state index in [1.54, 1.807) is 11.2 Å². The third-order valence-corrected chi connectivity index (χ3v) is 4.37. The molecule has 1 aromatic heterocycles. The highest BCUT2D eigenvalue weighted by molar-refractivity contribution is 5.95. The van der Waals surface area contributed by atoms with Crippen molar-refractivity contribution < 1.29 is 14.0 Å². The number of anilines is 2. The molecule has 1 aliphatic rings. The van der Waals surface area contributed by atoms with Crippen LogP contribution >= 0.6 is 0 Å². The molecule has 7 nitrogen and oxygen atoms in total. The molecule has 1 fully saturated rings. The minimum atomic E-state index is -0.227. The van der Waals surface area contributed by atoms with E-state index in [0.717, 1.165) is 42.2 Å². The van der Waals surface area contributed by atoms with Gasteiger partial charge in [0.05, 0.1) is 12.8 Å². The number of nitrogens with one attached hydrogen (secondary N) is 2. The van der Waals surface area contributed by atoms with E-state index in [-0.39, 0.29) is 18.4 Å². The van der Waals surface area contributed by atoms with Gasteiger partial charge in [0, 0.05) is 36.5 Å². The van der Waals surface area contributed by atoms with E-state index in [1.807, 2.05) is 43.3 Å². The second-order valence-electron chi connectivity index (χ2n) is 6.51. The number of nitrogens with zero attached hydrogens (tertiary/aromatic N) is 2. The Bertz CT molecular complexity index is 814. The third-order valence-electron chi connectivity index (χ3n) is 4.37. The van der Waals surface area contributed by atoms with E-state index in [4.69, 9.17) is 4.42 Å². The molecule has 2 N–H and O–H groups in total. The Labute approximate surface area is 158 Å². The first-order valence-electron chi connectivity index (χ1n) is 9.10. The molecule has 2 aromatic rings. The summed E-state index contributed by atoms with van der Waals surface area (Å²) >= 11 is 0. The molecule has 7 heteroatoms. The Kier molecular flexibility index (Phi) is 6.25. The van der Waals surface area contributed by atoms with Crippen LogP contribution in [0.4, 0.5) is 11.4 Å². The number of hydrogen-bond donors (Lipinski definition) is 2. The summed E-state index contributed by atoms with van der Waals surface area (Å²) in [5.41, 5.74) is 5.03. The van der Waals surface area contributed by atoms with Gasteiger partial charge in [0.25, 0.3) is 5.91 Å². The van der Waals surface area contributed by atoms with Crippen LogP contribution in [0, 0.1) is 0 Å². The Morgan fingerprint density at radius 2 is 2.19 bits per heavy atom. The second-order valence-corrected chi connectivity index (χ2v) is 6.51. The fourth-order valence-electron chi connectivity index (χ4n) is 2.90. The summed E-state index contributed by atoms with van der Waals surface area (Å²) in [4.78, 5) is 25.6. The number of hydrazone groups is 1. The monoisotopic (exact) mass is 368 g/mol. The largest absolute Gasteiger partial charge is 0.469 e.